The average molecular weight is 695 g/mol. The summed E-state index contributed by atoms with van der Waals surface area (Å²) in [5, 5.41) is 6.37. The normalized spacial score (nSPS) is 13.5. The molecule has 0 unspecified atom stereocenters. The lowest BCUT2D eigenvalue weighted by atomic mass is 9.82. The van der Waals surface area contributed by atoms with E-state index >= 15 is 0 Å². The van der Waals surface area contributed by atoms with Gasteiger partial charge in [0.15, 0.2) is 17.2 Å². The monoisotopic (exact) mass is 694 g/mol. The molecule has 0 radical (unpaired) electrons. The van der Waals surface area contributed by atoms with E-state index < -0.39 is 0 Å². The predicted molar refractivity (Wildman–Crippen MR) is 217 cm³/mol. The Kier molecular flexibility index (Phi) is 5.75. The van der Waals surface area contributed by atoms with Crippen LogP contribution in [0.3, 0.4) is 0 Å². The molecular weight excluding hydrogens is 665 g/mol. The van der Waals surface area contributed by atoms with Gasteiger partial charge in [-0.15, -0.1) is 0 Å². The Morgan fingerprint density at radius 1 is 0.444 bits per heavy atom. The maximum absolute atomic E-state index is 6.80. The van der Waals surface area contributed by atoms with E-state index in [0.29, 0.717) is 17.6 Å². The fourth-order valence-corrected chi connectivity index (χ4v) is 8.98. The molecule has 0 saturated heterocycles. The van der Waals surface area contributed by atoms with Crippen molar-refractivity contribution in [2.75, 3.05) is 0 Å². The number of benzene rings is 7. The van der Waals surface area contributed by atoms with Crippen LogP contribution in [0.2, 0.25) is 0 Å². The topological polar surface area (TPSA) is 69.9 Å². The molecule has 1 aliphatic rings. The van der Waals surface area contributed by atoms with Gasteiger partial charge in [-0.05, 0) is 41.0 Å². The minimum Gasteiger partial charge on any atom is -0.455 e. The summed E-state index contributed by atoms with van der Waals surface area (Å²) >= 11 is 0. The molecule has 1 aliphatic carbocycles. The highest BCUT2D eigenvalue weighted by Gasteiger charge is 2.38. The molecular formula is C48H30N4O2. The second-order valence-corrected chi connectivity index (χ2v) is 14.8. The molecule has 54 heavy (non-hydrogen) atoms. The van der Waals surface area contributed by atoms with Crippen molar-refractivity contribution in [1.82, 2.24) is 19.5 Å². The van der Waals surface area contributed by atoms with Crippen LogP contribution in [0.25, 0.3) is 106 Å². The van der Waals surface area contributed by atoms with Gasteiger partial charge in [0.2, 0.25) is 5.95 Å². The van der Waals surface area contributed by atoms with Crippen LogP contribution in [0.1, 0.15) is 25.0 Å². The van der Waals surface area contributed by atoms with Crippen LogP contribution >= 0.6 is 0 Å². The Bertz CT molecular complexity index is 3370. The highest BCUT2D eigenvalue weighted by atomic mass is 16.3. The second kappa shape index (κ2) is 10.5. The average Bonchev–Trinajstić information content (AvgIpc) is 3.95. The van der Waals surface area contributed by atoms with Gasteiger partial charge in [-0.3, -0.25) is 4.57 Å². The minimum atomic E-state index is -0.202. The lowest BCUT2D eigenvalue weighted by molar-refractivity contribution is 0.660. The Morgan fingerprint density at radius 3 is 1.85 bits per heavy atom. The fourth-order valence-electron chi connectivity index (χ4n) is 8.98. The van der Waals surface area contributed by atoms with E-state index in [1.807, 2.05) is 66.7 Å². The number of fused-ring (bicyclic) bond motifs is 14. The molecule has 11 aromatic rings. The lowest BCUT2D eigenvalue weighted by Crippen LogP contribution is -2.14. The lowest BCUT2D eigenvalue weighted by Gasteiger charge is -2.21. The van der Waals surface area contributed by atoms with Crippen LogP contribution < -0.4 is 0 Å². The molecule has 0 aliphatic heterocycles. The van der Waals surface area contributed by atoms with Gasteiger partial charge < -0.3 is 8.83 Å². The molecule has 254 valence electrons. The maximum Gasteiger partial charge on any atom is 0.238 e. The van der Waals surface area contributed by atoms with Gasteiger partial charge in [-0.25, -0.2) is 4.98 Å². The van der Waals surface area contributed by atoms with Crippen LogP contribution in [0, 0.1) is 0 Å². The standard InChI is InChI=1S/C48H30N4O2/c1-48(2)36-20-9-6-17-34(36)40-37(48)26-25-30-31-23-24-33-29-16-8-11-22-39(29)54-44(33)42(31)52(41(30)40)47-50-45(27-13-4-3-5-14-27)49-46(51-47)35-19-12-18-32-28-15-7-10-21-38(28)53-43(32)35/h3-26H,1-2H3. The third kappa shape index (κ3) is 3.86. The smallest absolute Gasteiger partial charge is 0.238 e. The molecule has 0 bridgehead atoms. The van der Waals surface area contributed by atoms with Crippen molar-refractivity contribution in [2.45, 2.75) is 19.3 Å². The number of para-hydroxylation sites is 3. The molecule has 6 heteroatoms. The molecule has 0 saturated carbocycles. The molecule has 0 spiro atoms. The summed E-state index contributed by atoms with van der Waals surface area (Å²) < 4.78 is 15.6. The van der Waals surface area contributed by atoms with Crippen molar-refractivity contribution in [2.24, 2.45) is 0 Å². The zero-order valence-electron chi connectivity index (χ0n) is 29.5. The summed E-state index contributed by atoms with van der Waals surface area (Å²) in [6.07, 6.45) is 0. The number of hydrogen-bond donors (Lipinski definition) is 0. The molecule has 0 fully saturated rings. The summed E-state index contributed by atoms with van der Waals surface area (Å²) in [4.78, 5) is 15.9. The molecule has 4 aromatic heterocycles. The Morgan fingerprint density at radius 2 is 1.04 bits per heavy atom. The summed E-state index contributed by atoms with van der Waals surface area (Å²) in [6.45, 7) is 4.63. The van der Waals surface area contributed by atoms with Gasteiger partial charge in [0, 0.05) is 48.9 Å². The van der Waals surface area contributed by atoms with Gasteiger partial charge >= 0.3 is 0 Å². The first-order valence-electron chi connectivity index (χ1n) is 18.3. The van der Waals surface area contributed by atoms with E-state index in [2.05, 4.69) is 97.3 Å². The third-order valence-corrected chi connectivity index (χ3v) is 11.5. The van der Waals surface area contributed by atoms with Crippen LogP contribution in [-0.4, -0.2) is 19.5 Å². The molecule has 0 amide bonds. The number of rotatable bonds is 3. The first-order valence-corrected chi connectivity index (χ1v) is 18.3. The van der Waals surface area contributed by atoms with Crippen LogP contribution in [0.5, 0.6) is 0 Å². The zero-order valence-corrected chi connectivity index (χ0v) is 29.5. The van der Waals surface area contributed by atoms with E-state index in [9.17, 15) is 0 Å². The van der Waals surface area contributed by atoms with E-state index in [4.69, 9.17) is 23.8 Å². The van der Waals surface area contributed by atoms with Crippen molar-refractivity contribution >= 4 is 65.7 Å². The van der Waals surface area contributed by atoms with E-state index in [-0.39, 0.29) is 5.41 Å². The zero-order chi connectivity index (χ0) is 35.7. The van der Waals surface area contributed by atoms with E-state index in [1.54, 1.807) is 0 Å². The van der Waals surface area contributed by atoms with Gasteiger partial charge in [0.05, 0.1) is 11.1 Å². The van der Waals surface area contributed by atoms with Gasteiger partial charge in [-0.2, -0.15) is 9.97 Å². The third-order valence-electron chi connectivity index (χ3n) is 11.5. The van der Waals surface area contributed by atoms with Crippen molar-refractivity contribution in [3.8, 4) is 39.9 Å². The number of nitrogens with zero attached hydrogens (tertiary/aromatic N) is 4. The van der Waals surface area contributed by atoms with E-state index in [1.165, 1.54) is 22.3 Å². The largest absolute Gasteiger partial charge is 0.455 e. The Hall–Kier alpha value is -7.05. The Balaban J connectivity index is 1.27. The van der Waals surface area contributed by atoms with Crippen molar-refractivity contribution in [3.63, 3.8) is 0 Å². The van der Waals surface area contributed by atoms with Crippen LogP contribution in [0.15, 0.2) is 154 Å². The molecule has 4 heterocycles. The highest BCUT2D eigenvalue weighted by Crippen LogP contribution is 2.53. The van der Waals surface area contributed by atoms with Gasteiger partial charge in [0.1, 0.15) is 22.3 Å². The summed E-state index contributed by atoms with van der Waals surface area (Å²) in [5.74, 6) is 1.61. The molecule has 12 rings (SSSR count). The SMILES string of the molecule is CC1(C)c2ccccc2-c2c1ccc1c3ccc4c5ccccc5oc4c3n(-c3nc(-c4ccccc4)nc(-c4cccc5c4oc4ccccc45)n3)c21. The summed E-state index contributed by atoms with van der Waals surface area (Å²) in [7, 11) is 0. The minimum absolute atomic E-state index is 0.202. The predicted octanol–water partition coefficient (Wildman–Crippen LogP) is 12.4. The van der Waals surface area contributed by atoms with Crippen LogP contribution in [-0.2, 0) is 5.41 Å². The molecule has 0 N–H and O–H groups in total. The van der Waals surface area contributed by atoms with Gasteiger partial charge in [0.25, 0.3) is 0 Å². The first kappa shape index (κ1) is 29.5. The number of furan rings is 2. The highest BCUT2D eigenvalue weighted by molar-refractivity contribution is 6.23. The first-order chi connectivity index (χ1) is 26.5. The van der Waals surface area contributed by atoms with Crippen molar-refractivity contribution < 1.29 is 8.83 Å². The molecule has 0 atom stereocenters. The van der Waals surface area contributed by atoms with Gasteiger partial charge in [-0.1, -0.05) is 135 Å². The van der Waals surface area contributed by atoms with Crippen molar-refractivity contribution in [1.29, 1.82) is 0 Å². The second-order valence-electron chi connectivity index (χ2n) is 14.8. The van der Waals surface area contributed by atoms with Crippen molar-refractivity contribution in [3.05, 3.63) is 157 Å². The summed E-state index contributed by atoms with van der Waals surface area (Å²) in [6, 6.07) is 50.5. The Labute approximate surface area is 309 Å². The van der Waals surface area contributed by atoms with Crippen LogP contribution in [0.4, 0.5) is 0 Å². The fraction of sp³-hybridized carbons (Fsp3) is 0.0625. The van der Waals surface area contributed by atoms with E-state index in [0.717, 1.165) is 76.8 Å². The molecule has 7 aromatic carbocycles. The number of aromatic nitrogens is 4. The number of hydrogen-bond acceptors (Lipinski definition) is 5. The molecule has 6 nitrogen and oxygen atoms in total. The summed E-state index contributed by atoms with van der Waals surface area (Å²) in [5.41, 5.74) is 11.7. The quantitative estimate of drug-likeness (QED) is 0.184. The maximum atomic E-state index is 6.80.